The van der Waals surface area contributed by atoms with E-state index in [1.807, 2.05) is 6.08 Å². The third-order valence-corrected chi connectivity index (χ3v) is 29.7. The quantitative estimate of drug-likeness (QED) is 0.0748. The maximum Gasteiger partial charge on any atom is 0.193 e. The number of Topliss-reactive ketones (excluding diaryl/α,β-unsaturated/α-hetero) is 1. The molecule has 0 N–H and O–H groups in total. The van der Waals surface area contributed by atoms with E-state index in [2.05, 4.69) is 142 Å². The van der Waals surface area contributed by atoms with Gasteiger partial charge in [-0.2, -0.15) is 0 Å². The van der Waals surface area contributed by atoms with Crippen LogP contribution in [-0.2, 0) is 27.3 Å². The van der Waals surface area contributed by atoms with Gasteiger partial charge in [0.05, 0.1) is 18.3 Å². The van der Waals surface area contributed by atoms with E-state index < -0.39 is 45.5 Å². The summed E-state index contributed by atoms with van der Waals surface area (Å²) in [6.45, 7) is 48.4. The minimum absolute atomic E-state index is 0.00519. The van der Waals surface area contributed by atoms with Crippen LogP contribution in [0.2, 0.25) is 72.5 Å². The highest BCUT2D eigenvalue weighted by Crippen LogP contribution is 2.42. The van der Waals surface area contributed by atoms with Crippen molar-refractivity contribution in [2.45, 2.75) is 212 Å². The molecule has 0 spiro atoms. The Morgan fingerprint density at radius 3 is 1.15 bits per heavy atom. The van der Waals surface area contributed by atoms with E-state index in [9.17, 15) is 9.59 Å². The molecule has 0 amide bonds. The van der Waals surface area contributed by atoms with Gasteiger partial charge in [0.2, 0.25) is 0 Å². The van der Waals surface area contributed by atoms with E-state index in [1.165, 1.54) is 0 Å². The first-order valence-electron chi connectivity index (χ1n) is 17.9. The Kier molecular flexibility index (Phi) is 16.8. The van der Waals surface area contributed by atoms with Crippen LogP contribution in [0.25, 0.3) is 0 Å². The van der Waals surface area contributed by atoms with Gasteiger partial charge in [0, 0.05) is 19.3 Å². The Balaban J connectivity index is 6.51. The summed E-state index contributed by atoms with van der Waals surface area (Å²) in [7, 11) is -8.75. The van der Waals surface area contributed by atoms with Crippen molar-refractivity contribution in [2.24, 2.45) is 0 Å². The molecule has 0 unspecified atom stereocenters. The molecule has 0 bridgehead atoms. The number of hydrogen-bond donors (Lipinski definition) is 0. The van der Waals surface area contributed by atoms with Crippen LogP contribution >= 0.6 is 0 Å². The van der Waals surface area contributed by atoms with Crippen LogP contribution < -0.4 is 0 Å². The molecular weight excluding hydrogens is 653 g/mol. The summed E-state index contributed by atoms with van der Waals surface area (Å²) in [6, 6.07) is 0. The van der Waals surface area contributed by atoms with Crippen molar-refractivity contribution in [3.8, 4) is 0 Å². The molecule has 0 aromatic heterocycles. The highest BCUT2D eigenvalue weighted by molar-refractivity contribution is 6.75. The minimum Gasteiger partial charge on any atom is -0.414 e. The first kappa shape index (κ1) is 46.8. The first-order chi connectivity index (χ1) is 20.6. The van der Waals surface area contributed by atoms with Crippen molar-refractivity contribution < 1.29 is 27.3 Å². The lowest BCUT2D eigenvalue weighted by Crippen LogP contribution is -2.48. The highest BCUT2D eigenvalue weighted by Gasteiger charge is 2.44. The van der Waals surface area contributed by atoms with Gasteiger partial charge in [-0.15, -0.1) is 6.58 Å². The minimum atomic E-state index is -2.26. The zero-order chi connectivity index (χ0) is 37.7. The van der Waals surface area contributed by atoms with E-state index in [0.29, 0.717) is 19.3 Å². The summed E-state index contributed by atoms with van der Waals surface area (Å²) in [5.74, 6) is 0.0964. The van der Waals surface area contributed by atoms with Gasteiger partial charge in [0.25, 0.3) is 0 Å². The fourth-order valence-corrected chi connectivity index (χ4v) is 9.71. The van der Waals surface area contributed by atoms with Crippen LogP contribution in [0, 0.1) is 0 Å². The second kappa shape index (κ2) is 16.9. The predicted octanol–water partition coefficient (Wildman–Crippen LogP) is 11.5. The molecule has 0 saturated heterocycles. The van der Waals surface area contributed by atoms with Gasteiger partial charge >= 0.3 is 0 Å². The second-order valence-electron chi connectivity index (χ2n) is 20.0. The fraction of sp³-hybridized carbons (Fsp3) is 0.892. The van der Waals surface area contributed by atoms with Gasteiger partial charge in [-0.1, -0.05) is 89.2 Å². The third kappa shape index (κ3) is 14.9. The topological polar surface area (TPSA) is 71.1 Å². The van der Waals surface area contributed by atoms with E-state index in [1.54, 1.807) is 0 Å². The summed E-state index contributed by atoms with van der Waals surface area (Å²) >= 11 is 0. The maximum absolute atomic E-state index is 14.1. The highest BCUT2D eigenvalue weighted by atomic mass is 28.4. The number of carbonyl (C=O) groups is 2. The molecule has 0 saturated carbocycles. The number of ketones is 1. The molecule has 0 aliphatic carbocycles. The summed E-state index contributed by atoms with van der Waals surface area (Å²) in [4.78, 5) is 26.6. The van der Waals surface area contributed by atoms with Crippen LogP contribution in [0.5, 0.6) is 0 Å². The van der Waals surface area contributed by atoms with Crippen molar-refractivity contribution in [3.63, 3.8) is 0 Å². The van der Waals surface area contributed by atoms with E-state index in [4.69, 9.17) is 17.7 Å². The molecule has 0 aromatic carbocycles. The predicted molar refractivity (Wildman–Crippen MR) is 213 cm³/mol. The molecule has 0 fully saturated rings. The monoisotopic (exact) mass is 730 g/mol. The van der Waals surface area contributed by atoms with E-state index in [0.717, 1.165) is 6.29 Å². The SMILES string of the molecule is C=CC[C@H](C[C@@H](CC(=O)C[C@@H](C[C@H](C=O)O[Si](C)(C)C(C)(C)C)O[Si](C)(C)C(C)(C)C)O[Si](C)(C)C(C)(C)C)O[Si](C)(C)C(C)(C)C. The van der Waals surface area contributed by atoms with Gasteiger partial charge in [0.15, 0.2) is 33.3 Å². The average Bonchev–Trinajstić information content (AvgIpc) is 2.79. The smallest absolute Gasteiger partial charge is 0.193 e. The zero-order valence-corrected chi connectivity index (χ0v) is 38.7. The average molecular weight is 731 g/mol. The van der Waals surface area contributed by atoms with Crippen molar-refractivity contribution in [3.05, 3.63) is 12.7 Å². The van der Waals surface area contributed by atoms with Crippen LogP contribution in [0.4, 0.5) is 0 Å². The van der Waals surface area contributed by atoms with E-state index >= 15 is 0 Å². The van der Waals surface area contributed by atoms with Crippen LogP contribution in [-0.4, -0.2) is 69.8 Å². The molecule has 0 radical (unpaired) electrons. The second-order valence-corrected chi connectivity index (χ2v) is 39.0. The zero-order valence-electron chi connectivity index (χ0n) is 34.7. The molecule has 0 aliphatic rings. The maximum atomic E-state index is 14.1. The lowest BCUT2D eigenvalue weighted by Gasteiger charge is -2.43. The van der Waals surface area contributed by atoms with Gasteiger partial charge in [-0.05, 0) is 85.4 Å². The van der Waals surface area contributed by atoms with Gasteiger partial charge < -0.3 is 22.5 Å². The first-order valence-corrected chi connectivity index (χ1v) is 29.5. The standard InChI is InChI=1S/C37H78O6Si4/c1-22-23-30(40-44(14,15)34(2,3)4)26-31(41-45(16,17)35(5,6)7)24-29(39)25-32(42-46(18,19)36(8,9)10)27-33(28-38)43-47(20,21)37(11,12)13/h22,28,30-33H,1,23-27H2,2-21H3/t30-,31-,32+,33-/m1/s1. The molecule has 0 heterocycles. The van der Waals surface area contributed by atoms with Gasteiger partial charge in [-0.3, -0.25) is 4.79 Å². The summed E-state index contributed by atoms with van der Waals surface area (Å²) in [6.07, 6.45) is 3.67. The Bertz CT molecular complexity index is 1010. The van der Waals surface area contributed by atoms with Crippen LogP contribution in [0.15, 0.2) is 12.7 Å². The van der Waals surface area contributed by atoms with Gasteiger partial charge in [-0.25, -0.2) is 0 Å². The molecular formula is C37H78O6Si4. The largest absolute Gasteiger partial charge is 0.414 e. The number of aldehydes is 1. The summed E-state index contributed by atoms with van der Waals surface area (Å²) < 4.78 is 27.4. The van der Waals surface area contributed by atoms with Gasteiger partial charge in [0.1, 0.15) is 18.2 Å². The Morgan fingerprint density at radius 1 is 0.553 bits per heavy atom. The molecule has 0 aromatic rings. The van der Waals surface area contributed by atoms with E-state index in [-0.39, 0.29) is 51.0 Å². The molecule has 4 atom stereocenters. The summed E-state index contributed by atoms with van der Waals surface area (Å²) in [5, 5.41) is -0.0242. The molecule has 47 heavy (non-hydrogen) atoms. The Labute approximate surface area is 296 Å². The number of carbonyl (C=O) groups excluding carboxylic acids is 2. The molecule has 10 heteroatoms. The molecule has 278 valence electrons. The fourth-order valence-electron chi connectivity index (χ4n) is 4.34. The van der Waals surface area contributed by atoms with Crippen molar-refractivity contribution >= 4 is 45.3 Å². The molecule has 0 rings (SSSR count). The Hall–Kier alpha value is -0.212. The third-order valence-electron chi connectivity index (χ3n) is 11.6. The summed E-state index contributed by atoms with van der Waals surface area (Å²) in [5.41, 5.74) is 0. The lowest BCUT2D eigenvalue weighted by molar-refractivity contribution is -0.124. The van der Waals surface area contributed by atoms with Crippen LogP contribution in [0.1, 0.15) is 115 Å². The number of hydrogen-bond acceptors (Lipinski definition) is 6. The van der Waals surface area contributed by atoms with Crippen molar-refractivity contribution in [1.29, 1.82) is 0 Å². The Morgan fingerprint density at radius 2 is 0.851 bits per heavy atom. The lowest BCUT2D eigenvalue weighted by atomic mass is 10.00. The molecule has 0 aliphatic heterocycles. The van der Waals surface area contributed by atoms with Crippen LogP contribution in [0.3, 0.4) is 0 Å². The molecule has 6 nitrogen and oxygen atoms in total. The normalized spacial score (nSPS) is 17.2. The van der Waals surface area contributed by atoms with Crippen molar-refractivity contribution in [1.82, 2.24) is 0 Å². The van der Waals surface area contributed by atoms with Crippen molar-refractivity contribution in [2.75, 3.05) is 0 Å². The number of rotatable bonds is 19.